The number of rotatable bonds is 5. The van der Waals surface area contributed by atoms with Crippen molar-refractivity contribution in [1.29, 1.82) is 0 Å². The van der Waals surface area contributed by atoms with Crippen molar-refractivity contribution in [2.24, 2.45) is 0 Å². The van der Waals surface area contributed by atoms with Gasteiger partial charge < -0.3 is 10.2 Å². The summed E-state index contributed by atoms with van der Waals surface area (Å²) in [6, 6.07) is 18.9. The number of aromatic nitrogens is 2. The van der Waals surface area contributed by atoms with Crippen molar-refractivity contribution in [3.8, 4) is 11.3 Å². The van der Waals surface area contributed by atoms with E-state index in [1.807, 2.05) is 18.2 Å². The van der Waals surface area contributed by atoms with Crippen LogP contribution in [-0.2, 0) is 0 Å². The number of fused-ring (bicyclic) bond motifs is 1. The second-order valence-corrected chi connectivity index (χ2v) is 7.43. The Balaban J connectivity index is 1.57. The average Bonchev–Trinajstić information content (AvgIpc) is 2.70. The molecular weight excluding hydrogens is 334 g/mol. The van der Waals surface area contributed by atoms with Gasteiger partial charge in [0, 0.05) is 49.7 Å². The first-order valence-corrected chi connectivity index (χ1v) is 9.69. The lowest BCUT2D eigenvalue weighted by Crippen LogP contribution is -2.47. The zero-order valence-electron chi connectivity index (χ0n) is 16.1. The van der Waals surface area contributed by atoms with Gasteiger partial charge in [-0.2, -0.15) is 0 Å². The Morgan fingerprint density at radius 3 is 2.41 bits per heavy atom. The highest BCUT2D eigenvalue weighted by Gasteiger charge is 2.17. The van der Waals surface area contributed by atoms with Crippen LogP contribution in [0.2, 0.25) is 0 Å². The summed E-state index contributed by atoms with van der Waals surface area (Å²) >= 11 is 0. The lowest BCUT2D eigenvalue weighted by atomic mass is 10.1. The monoisotopic (exact) mass is 361 g/mol. The molecule has 0 aliphatic carbocycles. The summed E-state index contributed by atoms with van der Waals surface area (Å²) in [6.07, 6.45) is 0. The number of hydrogen-bond acceptors (Lipinski definition) is 5. The lowest BCUT2D eigenvalue weighted by molar-refractivity contribution is 0.151. The van der Waals surface area contributed by atoms with E-state index in [0.717, 1.165) is 54.9 Å². The third-order valence-electron chi connectivity index (χ3n) is 5.15. The third kappa shape index (κ3) is 4.26. The van der Waals surface area contributed by atoms with Crippen molar-refractivity contribution >= 4 is 16.9 Å². The highest BCUT2D eigenvalue weighted by molar-refractivity contribution is 5.93. The fourth-order valence-electron chi connectivity index (χ4n) is 3.64. The molecule has 0 radical (unpaired) electrons. The number of hydrogen-bond donors (Lipinski definition) is 1. The smallest absolute Gasteiger partial charge is 0.224 e. The van der Waals surface area contributed by atoms with Crippen molar-refractivity contribution in [3.63, 3.8) is 0 Å². The van der Waals surface area contributed by atoms with Crippen molar-refractivity contribution < 1.29 is 0 Å². The van der Waals surface area contributed by atoms with Crippen molar-refractivity contribution in [1.82, 2.24) is 19.8 Å². The average molecular weight is 361 g/mol. The second kappa shape index (κ2) is 8.03. The molecule has 0 amide bonds. The van der Waals surface area contributed by atoms with E-state index in [1.165, 1.54) is 0 Å². The van der Waals surface area contributed by atoms with Crippen molar-refractivity contribution in [2.75, 3.05) is 45.1 Å². The van der Waals surface area contributed by atoms with Crippen LogP contribution in [0.4, 0.5) is 5.95 Å². The minimum absolute atomic E-state index is 0.290. The van der Waals surface area contributed by atoms with Gasteiger partial charge in [-0.05, 0) is 20.0 Å². The van der Waals surface area contributed by atoms with Crippen LogP contribution in [0.1, 0.15) is 6.92 Å². The summed E-state index contributed by atoms with van der Waals surface area (Å²) in [7, 11) is 2.19. The Bertz CT molecular complexity index is 888. The summed E-state index contributed by atoms with van der Waals surface area (Å²) < 4.78 is 0. The SMILES string of the molecule is CC(CN1CCN(C)CC1)Nc1nc(-c2ccccc2)c2ccccc2n1. The predicted octanol–water partition coefficient (Wildman–Crippen LogP) is 3.34. The number of para-hydroxylation sites is 1. The Hall–Kier alpha value is -2.50. The van der Waals surface area contributed by atoms with Gasteiger partial charge in [0.15, 0.2) is 0 Å². The molecule has 0 spiro atoms. The van der Waals surface area contributed by atoms with E-state index in [2.05, 4.69) is 65.5 Å². The number of nitrogens with zero attached hydrogens (tertiary/aromatic N) is 4. The fourth-order valence-corrected chi connectivity index (χ4v) is 3.64. The van der Waals surface area contributed by atoms with E-state index >= 15 is 0 Å². The maximum atomic E-state index is 4.87. The first kappa shape index (κ1) is 17.9. The maximum Gasteiger partial charge on any atom is 0.224 e. The highest BCUT2D eigenvalue weighted by atomic mass is 15.3. The number of nitrogens with one attached hydrogen (secondary N) is 1. The lowest BCUT2D eigenvalue weighted by Gasteiger charge is -2.34. The minimum Gasteiger partial charge on any atom is -0.350 e. The molecular formula is C22H27N5. The Kier molecular flexibility index (Phi) is 5.32. The van der Waals surface area contributed by atoms with E-state index in [4.69, 9.17) is 9.97 Å². The van der Waals surface area contributed by atoms with Crippen LogP contribution >= 0.6 is 0 Å². The van der Waals surface area contributed by atoms with E-state index in [-0.39, 0.29) is 6.04 Å². The van der Waals surface area contributed by atoms with Gasteiger partial charge in [-0.15, -0.1) is 0 Å². The summed E-state index contributed by atoms with van der Waals surface area (Å²) in [5.41, 5.74) is 3.07. The predicted molar refractivity (Wildman–Crippen MR) is 112 cm³/mol. The van der Waals surface area contributed by atoms with Gasteiger partial charge in [0.2, 0.25) is 5.95 Å². The summed E-state index contributed by atoms with van der Waals surface area (Å²) in [5.74, 6) is 0.703. The molecule has 27 heavy (non-hydrogen) atoms. The van der Waals surface area contributed by atoms with Crippen LogP contribution in [0.5, 0.6) is 0 Å². The van der Waals surface area contributed by atoms with Gasteiger partial charge >= 0.3 is 0 Å². The van der Waals surface area contributed by atoms with Crippen LogP contribution in [0.15, 0.2) is 54.6 Å². The fraction of sp³-hybridized carbons (Fsp3) is 0.364. The van der Waals surface area contributed by atoms with Gasteiger partial charge in [-0.25, -0.2) is 9.97 Å². The topological polar surface area (TPSA) is 44.3 Å². The molecule has 140 valence electrons. The summed E-state index contributed by atoms with van der Waals surface area (Å²) in [6.45, 7) is 7.73. The van der Waals surface area contributed by atoms with Crippen molar-refractivity contribution in [3.05, 3.63) is 54.6 Å². The first-order valence-electron chi connectivity index (χ1n) is 9.69. The van der Waals surface area contributed by atoms with Crippen LogP contribution in [0, 0.1) is 0 Å². The largest absolute Gasteiger partial charge is 0.350 e. The molecule has 0 saturated carbocycles. The first-order chi connectivity index (χ1) is 13.2. The Labute approximate surface area is 161 Å². The molecule has 5 nitrogen and oxygen atoms in total. The van der Waals surface area contributed by atoms with E-state index < -0.39 is 0 Å². The molecule has 1 aliphatic heterocycles. The molecule has 1 atom stereocenters. The van der Waals surface area contributed by atoms with E-state index in [9.17, 15) is 0 Å². The van der Waals surface area contributed by atoms with Crippen LogP contribution in [0.3, 0.4) is 0 Å². The molecule has 0 bridgehead atoms. The zero-order valence-corrected chi connectivity index (χ0v) is 16.1. The Morgan fingerprint density at radius 2 is 1.63 bits per heavy atom. The number of benzene rings is 2. The molecule has 2 heterocycles. The maximum absolute atomic E-state index is 4.87. The highest BCUT2D eigenvalue weighted by Crippen LogP contribution is 2.27. The van der Waals surface area contributed by atoms with Gasteiger partial charge in [0.25, 0.3) is 0 Å². The molecule has 1 N–H and O–H groups in total. The molecule has 1 aromatic heterocycles. The van der Waals surface area contributed by atoms with Gasteiger partial charge in [0.1, 0.15) is 0 Å². The molecule has 1 unspecified atom stereocenters. The van der Waals surface area contributed by atoms with Crippen LogP contribution in [-0.4, -0.2) is 65.6 Å². The van der Waals surface area contributed by atoms with E-state index in [0.29, 0.717) is 5.95 Å². The molecule has 5 heteroatoms. The van der Waals surface area contributed by atoms with Gasteiger partial charge in [-0.3, -0.25) is 4.90 Å². The minimum atomic E-state index is 0.290. The Morgan fingerprint density at radius 1 is 0.926 bits per heavy atom. The van der Waals surface area contributed by atoms with Crippen molar-refractivity contribution in [2.45, 2.75) is 13.0 Å². The van der Waals surface area contributed by atoms with E-state index in [1.54, 1.807) is 0 Å². The molecule has 2 aromatic carbocycles. The number of anilines is 1. The van der Waals surface area contributed by atoms with Crippen LogP contribution in [0.25, 0.3) is 22.2 Å². The molecule has 4 rings (SSSR count). The van der Waals surface area contributed by atoms with Gasteiger partial charge in [0.05, 0.1) is 11.2 Å². The number of likely N-dealkylation sites (N-methyl/N-ethyl adjacent to an activating group) is 1. The third-order valence-corrected chi connectivity index (χ3v) is 5.15. The quantitative estimate of drug-likeness (QED) is 0.755. The summed E-state index contributed by atoms with van der Waals surface area (Å²) in [5, 5.41) is 4.61. The molecule has 1 fully saturated rings. The zero-order chi connectivity index (χ0) is 18.6. The summed E-state index contributed by atoms with van der Waals surface area (Å²) in [4.78, 5) is 14.5. The van der Waals surface area contributed by atoms with Gasteiger partial charge in [-0.1, -0.05) is 48.5 Å². The second-order valence-electron chi connectivity index (χ2n) is 7.43. The van der Waals surface area contributed by atoms with Crippen LogP contribution < -0.4 is 5.32 Å². The normalized spacial score (nSPS) is 17.1. The number of piperazine rings is 1. The molecule has 3 aromatic rings. The molecule has 1 aliphatic rings. The molecule has 1 saturated heterocycles. The standard InChI is InChI=1S/C22H27N5/c1-17(16-27-14-12-26(2)13-15-27)23-22-24-20-11-7-6-10-19(20)21(25-22)18-8-4-3-5-9-18/h3-11,17H,12-16H2,1-2H3,(H,23,24,25).